The van der Waals surface area contributed by atoms with Gasteiger partial charge in [0, 0.05) is 44.0 Å². The molecule has 1 aromatic carbocycles. The third kappa shape index (κ3) is 2.13. The van der Waals surface area contributed by atoms with Gasteiger partial charge in [-0.1, -0.05) is 6.07 Å². The monoisotopic (exact) mass is 231 g/mol. The number of hydrogen-bond donors (Lipinski definition) is 2. The van der Waals surface area contributed by atoms with Crippen LogP contribution in [0.5, 0.6) is 0 Å². The lowest BCUT2D eigenvalue weighted by Gasteiger charge is -2.30. The summed E-state index contributed by atoms with van der Waals surface area (Å²) in [4.78, 5) is 13.7. The molecule has 2 heterocycles. The van der Waals surface area contributed by atoms with Gasteiger partial charge in [-0.05, 0) is 24.1 Å². The maximum absolute atomic E-state index is 11.4. The minimum Gasteiger partial charge on any atom is -0.369 e. The van der Waals surface area contributed by atoms with E-state index < -0.39 is 0 Å². The summed E-state index contributed by atoms with van der Waals surface area (Å²) in [6.07, 6.45) is 1.48. The predicted octanol–water partition coefficient (Wildman–Crippen LogP) is 0.981. The molecule has 0 saturated carbocycles. The Morgan fingerprint density at radius 2 is 1.94 bits per heavy atom. The molecule has 1 aromatic rings. The Morgan fingerprint density at radius 3 is 2.76 bits per heavy atom. The van der Waals surface area contributed by atoms with E-state index in [9.17, 15) is 4.79 Å². The molecule has 0 bridgehead atoms. The summed E-state index contributed by atoms with van der Waals surface area (Å²) in [6.45, 7) is 4.13. The second kappa shape index (κ2) is 4.37. The van der Waals surface area contributed by atoms with Crippen molar-refractivity contribution in [1.29, 1.82) is 0 Å². The minimum atomic E-state index is 0.134. The van der Waals surface area contributed by atoms with Crippen molar-refractivity contribution < 1.29 is 4.79 Å². The van der Waals surface area contributed by atoms with Crippen LogP contribution >= 0.6 is 0 Å². The number of amides is 1. The minimum absolute atomic E-state index is 0.134. The average molecular weight is 231 g/mol. The van der Waals surface area contributed by atoms with Crippen molar-refractivity contribution in [2.75, 3.05) is 36.4 Å². The van der Waals surface area contributed by atoms with Crippen LogP contribution in [0.25, 0.3) is 0 Å². The van der Waals surface area contributed by atoms with Gasteiger partial charge in [0.1, 0.15) is 0 Å². The van der Waals surface area contributed by atoms with Crippen molar-refractivity contribution in [3.05, 3.63) is 23.8 Å². The first-order valence-corrected chi connectivity index (χ1v) is 6.21. The van der Waals surface area contributed by atoms with Gasteiger partial charge in [0.2, 0.25) is 5.91 Å². The zero-order chi connectivity index (χ0) is 11.7. The van der Waals surface area contributed by atoms with Crippen LogP contribution in [0, 0.1) is 0 Å². The lowest BCUT2D eigenvalue weighted by atomic mass is 10.0. The molecule has 4 nitrogen and oxygen atoms in total. The number of benzene rings is 1. The Bertz CT molecular complexity index is 438. The van der Waals surface area contributed by atoms with Crippen LogP contribution in [0.3, 0.4) is 0 Å². The maximum Gasteiger partial charge on any atom is 0.224 e. The quantitative estimate of drug-likeness (QED) is 0.757. The molecule has 3 rings (SSSR count). The van der Waals surface area contributed by atoms with Crippen LogP contribution in [-0.2, 0) is 11.2 Å². The third-order valence-electron chi connectivity index (χ3n) is 3.47. The van der Waals surface area contributed by atoms with Gasteiger partial charge in [-0.15, -0.1) is 0 Å². The van der Waals surface area contributed by atoms with Crippen LogP contribution in [0.15, 0.2) is 18.2 Å². The third-order valence-corrected chi connectivity index (χ3v) is 3.47. The number of anilines is 2. The molecule has 1 fully saturated rings. The van der Waals surface area contributed by atoms with E-state index in [1.807, 2.05) is 0 Å². The summed E-state index contributed by atoms with van der Waals surface area (Å²) in [7, 11) is 0. The molecular formula is C13H17N3O. The SMILES string of the molecule is O=C1CCc2ccc(N3CCNCC3)cc2N1. The lowest BCUT2D eigenvalue weighted by Crippen LogP contribution is -2.43. The largest absolute Gasteiger partial charge is 0.369 e. The van der Waals surface area contributed by atoms with Gasteiger partial charge >= 0.3 is 0 Å². The summed E-state index contributed by atoms with van der Waals surface area (Å²) in [6, 6.07) is 6.42. The normalized spacial score (nSPS) is 19.8. The van der Waals surface area contributed by atoms with Crippen molar-refractivity contribution in [3.63, 3.8) is 0 Å². The van der Waals surface area contributed by atoms with Gasteiger partial charge in [0.05, 0.1) is 0 Å². The van der Waals surface area contributed by atoms with E-state index in [-0.39, 0.29) is 5.91 Å². The molecule has 0 aromatic heterocycles. The molecule has 0 atom stereocenters. The van der Waals surface area contributed by atoms with Gasteiger partial charge in [-0.2, -0.15) is 0 Å². The number of nitrogens with zero attached hydrogens (tertiary/aromatic N) is 1. The van der Waals surface area contributed by atoms with E-state index in [1.54, 1.807) is 0 Å². The van der Waals surface area contributed by atoms with E-state index in [4.69, 9.17) is 0 Å². The first kappa shape index (κ1) is 10.6. The number of hydrogen-bond acceptors (Lipinski definition) is 3. The lowest BCUT2D eigenvalue weighted by molar-refractivity contribution is -0.116. The highest BCUT2D eigenvalue weighted by Crippen LogP contribution is 2.27. The van der Waals surface area contributed by atoms with Crippen molar-refractivity contribution in [1.82, 2.24) is 5.32 Å². The first-order valence-electron chi connectivity index (χ1n) is 6.21. The number of carbonyl (C=O) groups is 1. The van der Waals surface area contributed by atoms with Crippen LogP contribution in [0.4, 0.5) is 11.4 Å². The van der Waals surface area contributed by atoms with E-state index in [1.165, 1.54) is 11.3 Å². The molecule has 90 valence electrons. The van der Waals surface area contributed by atoms with Gasteiger partial charge in [0.25, 0.3) is 0 Å². The smallest absolute Gasteiger partial charge is 0.224 e. The van der Waals surface area contributed by atoms with Gasteiger partial charge < -0.3 is 15.5 Å². The molecule has 0 aliphatic carbocycles. The molecule has 1 amide bonds. The van der Waals surface area contributed by atoms with Crippen molar-refractivity contribution in [2.24, 2.45) is 0 Å². The molecule has 1 saturated heterocycles. The second-order valence-electron chi connectivity index (χ2n) is 4.63. The average Bonchev–Trinajstić information content (AvgIpc) is 2.39. The summed E-state index contributed by atoms with van der Waals surface area (Å²) >= 11 is 0. The second-order valence-corrected chi connectivity index (χ2v) is 4.63. The van der Waals surface area contributed by atoms with Crippen molar-refractivity contribution in [3.8, 4) is 0 Å². The fraction of sp³-hybridized carbons (Fsp3) is 0.462. The molecule has 0 spiro atoms. The van der Waals surface area contributed by atoms with E-state index in [0.29, 0.717) is 6.42 Å². The Balaban J connectivity index is 1.86. The van der Waals surface area contributed by atoms with Crippen LogP contribution in [0.2, 0.25) is 0 Å². The molecule has 2 aliphatic heterocycles. The van der Waals surface area contributed by atoms with Gasteiger partial charge in [-0.25, -0.2) is 0 Å². The Kier molecular flexibility index (Phi) is 2.73. The van der Waals surface area contributed by atoms with Gasteiger partial charge in [-0.3, -0.25) is 4.79 Å². The Labute approximate surface area is 101 Å². The number of nitrogens with one attached hydrogen (secondary N) is 2. The Hall–Kier alpha value is -1.55. The van der Waals surface area contributed by atoms with Crippen molar-refractivity contribution >= 4 is 17.3 Å². The highest BCUT2D eigenvalue weighted by Gasteiger charge is 2.17. The highest BCUT2D eigenvalue weighted by atomic mass is 16.1. The fourth-order valence-corrected chi connectivity index (χ4v) is 2.48. The van der Waals surface area contributed by atoms with Crippen molar-refractivity contribution in [2.45, 2.75) is 12.8 Å². The van der Waals surface area contributed by atoms with Crippen LogP contribution in [0.1, 0.15) is 12.0 Å². The Morgan fingerprint density at radius 1 is 1.12 bits per heavy atom. The molecule has 17 heavy (non-hydrogen) atoms. The molecule has 2 N–H and O–H groups in total. The predicted molar refractivity (Wildman–Crippen MR) is 68.5 cm³/mol. The number of piperazine rings is 1. The van der Waals surface area contributed by atoms with Crippen LogP contribution in [-0.4, -0.2) is 32.1 Å². The van der Waals surface area contributed by atoms with Crippen LogP contribution < -0.4 is 15.5 Å². The zero-order valence-electron chi connectivity index (χ0n) is 9.83. The summed E-state index contributed by atoms with van der Waals surface area (Å²) in [5, 5.41) is 6.30. The fourth-order valence-electron chi connectivity index (χ4n) is 2.48. The van der Waals surface area contributed by atoms with E-state index in [0.717, 1.165) is 38.3 Å². The number of aryl methyl sites for hydroxylation is 1. The maximum atomic E-state index is 11.4. The molecule has 0 unspecified atom stereocenters. The molecule has 2 aliphatic rings. The molecular weight excluding hydrogens is 214 g/mol. The molecule has 4 heteroatoms. The summed E-state index contributed by atoms with van der Waals surface area (Å²) in [5.41, 5.74) is 3.47. The molecule has 0 radical (unpaired) electrons. The summed E-state index contributed by atoms with van der Waals surface area (Å²) < 4.78 is 0. The first-order chi connectivity index (χ1) is 8.33. The van der Waals surface area contributed by atoms with E-state index >= 15 is 0 Å². The highest BCUT2D eigenvalue weighted by molar-refractivity contribution is 5.94. The summed E-state index contributed by atoms with van der Waals surface area (Å²) in [5.74, 6) is 0.134. The number of rotatable bonds is 1. The zero-order valence-corrected chi connectivity index (χ0v) is 9.83. The number of fused-ring (bicyclic) bond motifs is 1. The van der Waals surface area contributed by atoms with Gasteiger partial charge in [0.15, 0.2) is 0 Å². The standard InChI is InChI=1S/C13H17N3O/c17-13-4-2-10-1-3-11(9-12(10)15-13)16-7-5-14-6-8-16/h1,3,9,14H,2,4-8H2,(H,15,17). The topological polar surface area (TPSA) is 44.4 Å². The number of carbonyl (C=O) groups excluding carboxylic acids is 1. The van der Waals surface area contributed by atoms with E-state index in [2.05, 4.69) is 33.7 Å².